The van der Waals surface area contributed by atoms with Crippen LogP contribution in [0.4, 0.5) is 0 Å². The molecule has 1 aliphatic heterocycles. The third kappa shape index (κ3) is 4.75. The fourth-order valence-electron chi connectivity index (χ4n) is 4.23. The molecule has 0 aliphatic carbocycles. The van der Waals surface area contributed by atoms with E-state index in [0.717, 1.165) is 83.4 Å². The second-order valence-corrected chi connectivity index (χ2v) is 10.9. The predicted molar refractivity (Wildman–Crippen MR) is 138 cm³/mol. The number of morpholine rings is 1. The summed E-state index contributed by atoms with van der Waals surface area (Å²) in [5, 5.41) is 12.2. The van der Waals surface area contributed by atoms with E-state index >= 15 is 0 Å². The Kier molecular flexibility index (Phi) is 6.96. The van der Waals surface area contributed by atoms with Crippen LogP contribution >= 0.6 is 23.1 Å². The fraction of sp³-hybridized carbons (Fsp3) is 0.440. The van der Waals surface area contributed by atoms with E-state index in [0.29, 0.717) is 0 Å². The van der Waals surface area contributed by atoms with Gasteiger partial charge in [0.15, 0.2) is 11.0 Å². The minimum Gasteiger partial charge on any atom is -0.379 e. The Morgan fingerprint density at radius 1 is 1.09 bits per heavy atom. The minimum absolute atomic E-state index is 0.735. The van der Waals surface area contributed by atoms with E-state index in [1.807, 2.05) is 0 Å². The highest BCUT2D eigenvalue weighted by atomic mass is 32.2. The van der Waals surface area contributed by atoms with E-state index in [9.17, 15) is 0 Å². The Bertz CT molecular complexity index is 1310. The average molecular weight is 495 g/mol. The summed E-state index contributed by atoms with van der Waals surface area (Å²) >= 11 is 3.36. The summed E-state index contributed by atoms with van der Waals surface area (Å²) in [5.41, 5.74) is 3.56. The Hall–Kier alpha value is -2.33. The van der Waals surface area contributed by atoms with Crippen LogP contribution in [0.1, 0.15) is 35.2 Å². The van der Waals surface area contributed by atoms with Crippen LogP contribution in [0.3, 0.4) is 0 Å². The molecule has 0 N–H and O–H groups in total. The van der Waals surface area contributed by atoms with Crippen molar-refractivity contribution in [1.29, 1.82) is 0 Å². The van der Waals surface area contributed by atoms with Gasteiger partial charge in [-0.2, -0.15) is 0 Å². The quantitative estimate of drug-likeness (QED) is 0.324. The number of hydrogen-bond acceptors (Lipinski definition) is 8. The molecule has 0 saturated carbocycles. The van der Waals surface area contributed by atoms with Crippen molar-refractivity contribution >= 4 is 33.3 Å². The van der Waals surface area contributed by atoms with E-state index in [4.69, 9.17) is 14.7 Å². The lowest BCUT2D eigenvalue weighted by atomic mass is 10.1. The smallest absolute Gasteiger partial charge is 0.197 e. The van der Waals surface area contributed by atoms with Gasteiger partial charge in [-0.25, -0.2) is 9.97 Å². The molecule has 4 aromatic rings. The van der Waals surface area contributed by atoms with Crippen LogP contribution in [-0.2, 0) is 17.8 Å². The van der Waals surface area contributed by atoms with Crippen LogP contribution in [-0.4, -0.2) is 55.9 Å². The lowest BCUT2D eigenvalue weighted by Gasteiger charge is -2.25. The molecular weight excluding hydrogens is 464 g/mol. The summed E-state index contributed by atoms with van der Waals surface area (Å²) in [7, 11) is 0. The van der Waals surface area contributed by atoms with Gasteiger partial charge >= 0.3 is 0 Å². The van der Waals surface area contributed by atoms with Crippen LogP contribution in [0.25, 0.3) is 21.6 Å². The normalized spacial score (nSPS) is 14.8. The van der Waals surface area contributed by atoms with Crippen molar-refractivity contribution in [1.82, 2.24) is 29.6 Å². The van der Waals surface area contributed by atoms with Gasteiger partial charge in [0.2, 0.25) is 0 Å². The molecule has 5 rings (SSSR count). The van der Waals surface area contributed by atoms with Crippen LogP contribution in [0, 0.1) is 20.8 Å². The topological polar surface area (TPSA) is 69.0 Å². The Morgan fingerprint density at radius 3 is 2.68 bits per heavy atom. The number of benzene rings is 1. The summed E-state index contributed by atoms with van der Waals surface area (Å²) in [5.74, 6) is 1.77. The number of aryl methyl sites for hydroxylation is 3. The highest BCUT2D eigenvalue weighted by Crippen LogP contribution is 2.38. The monoisotopic (exact) mass is 494 g/mol. The molecule has 0 bridgehead atoms. The number of aromatic nitrogens is 5. The molecule has 4 heterocycles. The van der Waals surface area contributed by atoms with Gasteiger partial charge in [0, 0.05) is 35.5 Å². The van der Waals surface area contributed by atoms with E-state index in [-0.39, 0.29) is 0 Å². The van der Waals surface area contributed by atoms with Gasteiger partial charge in [0.1, 0.15) is 15.7 Å². The highest BCUT2D eigenvalue weighted by molar-refractivity contribution is 7.99. The largest absolute Gasteiger partial charge is 0.379 e. The third-order valence-corrected chi connectivity index (χ3v) is 8.21. The molecule has 1 fully saturated rings. The van der Waals surface area contributed by atoms with Gasteiger partial charge in [-0.1, -0.05) is 30.7 Å². The van der Waals surface area contributed by atoms with Crippen molar-refractivity contribution < 1.29 is 4.74 Å². The standard InChI is InChI=1S/C25H30N6OS2/c1-5-9-31-22(19-8-6-7-16(2)14-19)28-29-25(31)34-24-21-17(3)18(4)33-23(21)26-20(27-24)15-30-10-12-32-13-11-30/h6-8,14H,5,9-13,15H2,1-4H3. The predicted octanol–water partition coefficient (Wildman–Crippen LogP) is 5.27. The molecule has 0 atom stereocenters. The summed E-state index contributed by atoms with van der Waals surface area (Å²) in [6.07, 6.45) is 1.00. The molecule has 1 saturated heterocycles. The second kappa shape index (κ2) is 10.1. The molecule has 0 radical (unpaired) electrons. The molecule has 178 valence electrons. The number of thiophene rings is 1. The lowest BCUT2D eigenvalue weighted by Crippen LogP contribution is -2.36. The minimum atomic E-state index is 0.735. The molecule has 9 heteroatoms. The Balaban J connectivity index is 1.55. The third-order valence-electron chi connectivity index (χ3n) is 6.14. The molecule has 1 aliphatic rings. The average Bonchev–Trinajstić information content (AvgIpc) is 3.35. The zero-order valence-corrected chi connectivity index (χ0v) is 21.8. The summed E-state index contributed by atoms with van der Waals surface area (Å²) in [4.78, 5) is 14.7. The maximum absolute atomic E-state index is 5.51. The zero-order valence-electron chi connectivity index (χ0n) is 20.2. The van der Waals surface area contributed by atoms with Crippen LogP contribution in [0.15, 0.2) is 34.4 Å². The maximum atomic E-state index is 5.51. The van der Waals surface area contributed by atoms with E-state index in [1.165, 1.54) is 16.0 Å². The molecular formula is C25H30N6OS2. The molecule has 3 aromatic heterocycles. The Labute approximate surface area is 208 Å². The van der Waals surface area contributed by atoms with Crippen LogP contribution < -0.4 is 0 Å². The van der Waals surface area contributed by atoms with E-state index in [1.54, 1.807) is 23.1 Å². The molecule has 0 spiro atoms. The first-order chi connectivity index (χ1) is 16.5. The SMILES string of the molecule is CCCn1c(Sc2nc(CN3CCOCC3)nc3sc(C)c(C)c23)nnc1-c1cccc(C)c1. The first kappa shape index (κ1) is 23.4. The van der Waals surface area contributed by atoms with E-state index in [2.05, 4.69) is 71.6 Å². The molecule has 7 nitrogen and oxygen atoms in total. The molecule has 0 amide bonds. The summed E-state index contributed by atoms with van der Waals surface area (Å²) < 4.78 is 7.73. The van der Waals surface area contributed by atoms with Crippen molar-refractivity contribution in [2.45, 2.75) is 57.4 Å². The maximum Gasteiger partial charge on any atom is 0.197 e. The zero-order chi connectivity index (χ0) is 23.7. The van der Waals surface area contributed by atoms with Crippen molar-refractivity contribution in [2.24, 2.45) is 0 Å². The van der Waals surface area contributed by atoms with Crippen LogP contribution in [0.2, 0.25) is 0 Å². The van der Waals surface area contributed by atoms with Gasteiger partial charge < -0.3 is 9.30 Å². The molecule has 0 unspecified atom stereocenters. The number of nitrogens with zero attached hydrogens (tertiary/aromatic N) is 6. The lowest BCUT2D eigenvalue weighted by molar-refractivity contribution is 0.0330. The van der Waals surface area contributed by atoms with Crippen molar-refractivity contribution in [2.75, 3.05) is 26.3 Å². The number of fused-ring (bicyclic) bond motifs is 1. The van der Waals surface area contributed by atoms with Crippen molar-refractivity contribution in [3.63, 3.8) is 0 Å². The van der Waals surface area contributed by atoms with E-state index < -0.39 is 0 Å². The first-order valence-electron chi connectivity index (χ1n) is 11.8. The molecule has 34 heavy (non-hydrogen) atoms. The second-order valence-electron chi connectivity index (χ2n) is 8.73. The van der Waals surface area contributed by atoms with Crippen molar-refractivity contribution in [3.05, 3.63) is 46.1 Å². The van der Waals surface area contributed by atoms with Crippen molar-refractivity contribution in [3.8, 4) is 11.4 Å². The van der Waals surface area contributed by atoms with Gasteiger partial charge in [-0.05, 0) is 50.6 Å². The number of ether oxygens (including phenoxy) is 1. The summed E-state index contributed by atoms with van der Waals surface area (Å²) in [6.45, 7) is 13.6. The van der Waals surface area contributed by atoms with Gasteiger partial charge in [-0.3, -0.25) is 4.90 Å². The van der Waals surface area contributed by atoms with Gasteiger partial charge in [0.05, 0.1) is 19.8 Å². The Morgan fingerprint density at radius 2 is 1.91 bits per heavy atom. The number of rotatable bonds is 7. The van der Waals surface area contributed by atoms with Gasteiger partial charge in [-0.15, -0.1) is 21.5 Å². The van der Waals surface area contributed by atoms with Crippen LogP contribution in [0.5, 0.6) is 0 Å². The van der Waals surface area contributed by atoms with Gasteiger partial charge in [0.25, 0.3) is 0 Å². The first-order valence-corrected chi connectivity index (χ1v) is 13.4. The number of hydrogen-bond donors (Lipinski definition) is 0. The fourth-order valence-corrected chi connectivity index (χ4v) is 6.39. The summed E-state index contributed by atoms with van der Waals surface area (Å²) in [6, 6.07) is 8.45. The highest BCUT2D eigenvalue weighted by Gasteiger charge is 2.21. The molecule has 1 aromatic carbocycles.